The second-order valence-corrected chi connectivity index (χ2v) is 7.30. The van der Waals surface area contributed by atoms with E-state index in [-0.39, 0.29) is 22.8 Å². The Hall–Kier alpha value is -2.00. The Labute approximate surface area is 140 Å². The lowest BCUT2D eigenvalue weighted by molar-refractivity contribution is -0.385. The molecule has 0 N–H and O–H groups in total. The molecule has 0 unspecified atom stereocenters. The van der Waals surface area contributed by atoms with Crippen molar-refractivity contribution in [3.63, 3.8) is 0 Å². The van der Waals surface area contributed by atoms with Crippen molar-refractivity contribution in [3.8, 4) is 0 Å². The van der Waals surface area contributed by atoms with E-state index >= 15 is 0 Å². The number of anilines is 1. The molecule has 0 spiro atoms. The number of nitro groups is 1. The zero-order chi connectivity index (χ0) is 17.2. The topological polar surface area (TPSA) is 80.5 Å². The SMILES string of the molecule is CCN(c1ccc(Br)cc1F)S(=O)(=O)c1cccc([N+](=O)[O-])c1. The predicted molar refractivity (Wildman–Crippen MR) is 87.4 cm³/mol. The van der Waals surface area contributed by atoms with Crippen LogP contribution >= 0.6 is 15.9 Å². The van der Waals surface area contributed by atoms with E-state index in [0.29, 0.717) is 4.47 Å². The van der Waals surface area contributed by atoms with Gasteiger partial charge in [0.05, 0.1) is 15.5 Å². The van der Waals surface area contributed by atoms with Crippen LogP contribution in [0.5, 0.6) is 0 Å². The van der Waals surface area contributed by atoms with Gasteiger partial charge in [-0.1, -0.05) is 22.0 Å². The third-order valence-corrected chi connectivity index (χ3v) is 5.46. The summed E-state index contributed by atoms with van der Waals surface area (Å²) in [6, 6.07) is 8.66. The Bertz CT molecular complexity index is 858. The van der Waals surface area contributed by atoms with Gasteiger partial charge in [-0.15, -0.1) is 0 Å². The van der Waals surface area contributed by atoms with Gasteiger partial charge >= 0.3 is 0 Å². The van der Waals surface area contributed by atoms with Crippen molar-refractivity contribution >= 4 is 37.3 Å². The zero-order valence-electron chi connectivity index (χ0n) is 11.9. The van der Waals surface area contributed by atoms with E-state index in [9.17, 15) is 22.9 Å². The summed E-state index contributed by atoms with van der Waals surface area (Å²) in [6.07, 6.45) is 0. The van der Waals surface area contributed by atoms with Crippen LogP contribution in [0.2, 0.25) is 0 Å². The second kappa shape index (κ2) is 6.63. The number of halogens is 2. The van der Waals surface area contributed by atoms with Crippen molar-refractivity contribution in [2.24, 2.45) is 0 Å². The quantitative estimate of drug-likeness (QED) is 0.563. The van der Waals surface area contributed by atoms with Gasteiger partial charge in [0, 0.05) is 23.2 Å². The molecule has 23 heavy (non-hydrogen) atoms. The Morgan fingerprint density at radius 1 is 1.26 bits per heavy atom. The Kier molecular flexibility index (Phi) is 5.00. The van der Waals surface area contributed by atoms with E-state index in [1.54, 1.807) is 6.92 Å². The molecule has 0 saturated heterocycles. The monoisotopic (exact) mass is 402 g/mol. The Morgan fingerprint density at radius 3 is 2.52 bits per heavy atom. The molecule has 2 rings (SSSR count). The number of nitro benzene ring substituents is 1. The highest BCUT2D eigenvalue weighted by atomic mass is 79.9. The Balaban J connectivity index is 2.55. The average Bonchev–Trinajstić information content (AvgIpc) is 2.50. The molecule has 0 fully saturated rings. The molecule has 0 heterocycles. The minimum Gasteiger partial charge on any atom is -0.264 e. The highest BCUT2D eigenvalue weighted by Crippen LogP contribution is 2.29. The van der Waals surface area contributed by atoms with Crippen molar-refractivity contribution in [1.82, 2.24) is 0 Å². The molecule has 9 heteroatoms. The first-order chi connectivity index (χ1) is 10.8. The highest BCUT2D eigenvalue weighted by Gasteiger charge is 2.27. The van der Waals surface area contributed by atoms with Crippen LogP contribution in [0.1, 0.15) is 6.92 Å². The molecule has 0 radical (unpaired) electrons. The van der Waals surface area contributed by atoms with Gasteiger partial charge in [0.1, 0.15) is 5.82 Å². The van der Waals surface area contributed by atoms with E-state index in [0.717, 1.165) is 16.4 Å². The van der Waals surface area contributed by atoms with Gasteiger partial charge in [0.2, 0.25) is 0 Å². The summed E-state index contributed by atoms with van der Waals surface area (Å²) in [5.74, 6) is -0.713. The lowest BCUT2D eigenvalue weighted by Gasteiger charge is -2.23. The van der Waals surface area contributed by atoms with Crippen molar-refractivity contribution < 1.29 is 17.7 Å². The van der Waals surface area contributed by atoms with Crippen LogP contribution in [0.4, 0.5) is 15.8 Å². The van der Waals surface area contributed by atoms with Crippen LogP contribution in [-0.4, -0.2) is 19.9 Å². The van der Waals surface area contributed by atoms with E-state index in [2.05, 4.69) is 15.9 Å². The van der Waals surface area contributed by atoms with Crippen LogP contribution in [0, 0.1) is 15.9 Å². The Morgan fingerprint density at radius 2 is 1.96 bits per heavy atom. The van der Waals surface area contributed by atoms with Gasteiger partial charge in [-0.2, -0.15) is 0 Å². The molecule has 0 aliphatic carbocycles. The summed E-state index contributed by atoms with van der Waals surface area (Å²) in [7, 11) is -4.12. The standard InChI is InChI=1S/C14H12BrFN2O4S/c1-2-17(14-7-6-10(15)8-13(14)16)23(21,22)12-5-3-4-11(9-12)18(19)20/h3-9H,2H2,1H3. The summed E-state index contributed by atoms with van der Waals surface area (Å²) < 4.78 is 40.8. The van der Waals surface area contributed by atoms with Crippen LogP contribution in [0.25, 0.3) is 0 Å². The lowest BCUT2D eigenvalue weighted by atomic mass is 10.3. The maximum atomic E-state index is 14.1. The first-order valence-corrected chi connectivity index (χ1v) is 8.73. The van der Waals surface area contributed by atoms with Crippen molar-refractivity contribution in [2.75, 3.05) is 10.8 Å². The number of benzene rings is 2. The summed E-state index contributed by atoms with van der Waals surface area (Å²) in [5, 5.41) is 10.8. The van der Waals surface area contributed by atoms with Gasteiger partial charge in [-0.05, 0) is 31.2 Å². The third kappa shape index (κ3) is 3.50. The normalized spacial score (nSPS) is 11.3. The molecule has 2 aromatic carbocycles. The fourth-order valence-electron chi connectivity index (χ4n) is 2.04. The third-order valence-electron chi connectivity index (χ3n) is 3.08. The zero-order valence-corrected chi connectivity index (χ0v) is 14.3. The number of rotatable bonds is 5. The fraction of sp³-hybridized carbons (Fsp3) is 0.143. The van der Waals surface area contributed by atoms with Gasteiger partial charge in [-0.3, -0.25) is 14.4 Å². The summed E-state index contributed by atoms with van der Waals surface area (Å²) in [5.41, 5.74) is -0.472. The molecule has 2 aromatic rings. The van der Waals surface area contributed by atoms with E-state index < -0.39 is 20.8 Å². The van der Waals surface area contributed by atoms with Crippen molar-refractivity contribution in [1.29, 1.82) is 0 Å². The minimum absolute atomic E-state index is 0.0242. The van der Waals surface area contributed by atoms with Gasteiger partial charge in [0.15, 0.2) is 0 Å². The number of nitrogens with zero attached hydrogens (tertiary/aromatic N) is 2. The molecule has 0 aromatic heterocycles. The molecule has 0 atom stereocenters. The van der Waals surface area contributed by atoms with Crippen LogP contribution in [0.15, 0.2) is 51.8 Å². The fourth-order valence-corrected chi connectivity index (χ4v) is 3.89. The van der Waals surface area contributed by atoms with E-state index in [4.69, 9.17) is 0 Å². The molecule has 122 valence electrons. The largest absolute Gasteiger partial charge is 0.270 e. The molecule has 0 bridgehead atoms. The summed E-state index contributed by atoms with van der Waals surface area (Å²) in [6.45, 7) is 1.53. The smallest absolute Gasteiger partial charge is 0.264 e. The second-order valence-electron chi connectivity index (χ2n) is 4.52. The molecule has 0 aliphatic heterocycles. The number of hydrogen-bond acceptors (Lipinski definition) is 4. The number of sulfonamides is 1. The molecule has 0 amide bonds. The van der Waals surface area contributed by atoms with Gasteiger partial charge in [0.25, 0.3) is 15.7 Å². The number of non-ortho nitro benzene ring substituents is 1. The van der Waals surface area contributed by atoms with Crippen molar-refractivity contribution in [3.05, 3.63) is 62.9 Å². The van der Waals surface area contributed by atoms with Crippen LogP contribution in [0.3, 0.4) is 0 Å². The molecular formula is C14H12BrFN2O4S. The summed E-state index contributed by atoms with van der Waals surface area (Å²) in [4.78, 5) is 9.86. The van der Waals surface area contributed by atoms with Crippen LogP contribution in [-0.2, 0) is 10.0 Å². The lowest BCUT2D eigenvalue weighted by Crippen LogP contribution is -2.31. The minimum atomic E-state index is -4.12. The van der Waals surface area contributed by atoms with Gasteiger partial charge in [-0.25, -0.2) is 12.8 Å². The maximum absolute atomic E-state index is 14.1. The van der Waals surface area contributed by atoms with Crippen LogP contribution < -0.4 is 4.31 Å². The predicted octanol–water partition coefficient (Wildman–Crippen LogP) is 3.71. The molecule has 0 saturated carbocycles. The van der Waals surface area contributed by atoms with Gasteiger partial charge < -0.3 is 0 Å². The van der Waals surface area contributed by atoms with E-state index in [1.165, 1.54) is 30.3 Å². The molecule has 0 aliphatic rings. The first-order valence-electron chi connectivity index (χ1n) is 6.49. The summed E-state index contributed by atoms with van der Waals surface area (Å²) >= 11 is 3.11. The number of hydrogen-bond donors (Lipinski definition) is 0. The van der Waals surface area contributed by atoms with Crippen molar-refractivity contribution in [2.45, 2.75) is 11.8 Å². The highest BCUT2D eigenvalue weighted by molar-refractivity contribution is 9.10. The molecule has 6 nitrogen and oxygen atoms in total. The van der Waals surface area contributed by atoms with E-state index in [1.807, 2.05) is 0 Å². The average molecular weight is 403 g/mol. The maximum Gasteiger partial charge on any atom is 0.270 e. The first kappa shape index (κ1) is 17.4. The molecular weight excluding hydrogens is 391 g/mol.